The minimum absolute atomic E-state index is 0.223. The van der Waals surface area contributed by atoms with Gasteiger partial charge in [0.2, 0.25) is 10.0 Å². The van der Waals surface area contributed by atoms with Gasteiger partial charge in [-0.25, -0.2) is 8.42 Å². The van der Waals surface area contributed by atoms with Gasteiger partial charge in [0.05, 0.1) is 4.90 Å². The van der Waals surface area contributed by atoms with Gasteiger partial charge in [0.15, 0.2) is 0 Å². The molecule has 1 rings (SSSR count). The number of nitrogens with zero attached hydrogens (tertiary/aromatic N) is 1. The van der Waals surface area contributed by atoms with E-state index in [2.05, 4.69) is 6.58 Å². The van der Waals surface area contributed by atoms with Crippen LogP contribution >= 0.6 is 11.6 Å². The van der Waals surface area contributed by atoms with E-state index >= 15 is 0 Å². The molecule has 0 heterocycles. The molecule has 0 spiro atoms. The molecule has 2 N–H and O–H groups in total. The van der Waals surface area contributed by atoms with Gasteiger partial charge in [-0.1, -0.05) is 24.6 Å². The summed E-state index contributed by atoms with van der Waals surface area (Å²) in [6.07, 6.45) is 2.31. The molecule has 0 atom stereocenters. The van der Waals surface area contributed by atoms with Gasteiger partial charge in [0.25, 0.3) is 0 Å². The Hall–Kier alpha value is -0.880. The molecule has 0 bridgehead atoms. The zero-order valence-electron chi connectivity index (χ0n) is 11.9. The van der Waals surface area contributed by atoms with E-state index in [4.69, 9.17) is 17.3 Å². The van der Waals surface area contributed by atoms with Crippen LogP contribution in [0.2, 0.25) is 5.02 Å². The first kappa shape index (κ1) is 17.2. The van der Waals surface area contributed by atoms with E-state index in [1.165, 1.54) is 10.4 Å². The van der Waals surface area contributed by atoms with Crippen LogP contribution in [0.5, 0.6) is 0 Å². The van der Waals surface area contributed by atoms with Crippen LogP contribution in [0.15, 0.2) is 29.7 Å². The highest BCUT2D eigenvalue weighted by molar-refractivity contribution is 7.89. The van der Waals surface area contributed by atoms with Gasteiger partial charge in [0, 0.05) is 24.7 Å². The van der Waals surface area contributed by atoms with Gasteiger partial charge < -0.3 is 5.73 Å². The van der Waals surface area contributed by atoms with Crippen LogP contribution in [0.3, 0.4) is 0 Å². The lowest BCUT2D eigenvalue weighted by atomic mass is 10.1. The molecule has 0 saturated heterocycles. The number of halogens is 1. The second-order valence-corrected chi connectivity index (χ2v) is 6.89. The summed E-state index contributed by atoms with van der Waals surface area (Å²) < 4.78 is 26.9. The maximum atomic E-state index is 12.7. The molecule has 1 aromatic carbocycles. The van der Waals surface area contributed by atoms with Crippen LogP contribution in [0.1, 0.15) is 24.5 Å². The maximum absolute atomic E-state index is 12.7. The first-order valence-corrected chi connectivity index (χ1v) is 8.30. The predicted molar refractivity (Wildman–Crippen MR) is 83.3 cm³/mol. The Morgan fingerprint density at radius 1 is 1.45 bits per heavy atom. The zero-order valence-corrected chi connectivity index (χ0v) is 13.5. The van der Waals surface area contributed by atoms with Gasteiger partial charge in [-0.05, 0) is 36.6 Å². The van der Waals surface area contributed by atoms with E-state index in [0.29, 0.717) is 17.1 Å². The number of benzene rings is 1. The lowest BCUT2D eigenvalue weighted by Crippen LogP contribution is -2.32. The summed E-state index contributed by atoms with van der Waals surface area (Å²) in [4.78, 5) is 0.223. The zero-order chi connectivity index (χ0) is 15.3. The number of rotatable bonds is 7. The largest absolute Gasteiger partial charge is 0.326 e. The quantitative estimate of drug-likeness (QED) is 0.787. The van der Waals surface area contributed by atoms with Gasteiger partial charge in [-0.2, -0.15) is 4.31 Å². The molecule has 0 amide bonds. The van der Waals surface area contributed by atoms with E-state index in [-0.39, 0.29) is 18.0 Å². The molecule has 0 radical (unpaired) electrons. The summed E-state index contributed by atoms with van der Waals surface area (Å²) in [6, 6.07) is 3.19. The molecular weight excluding hydrogens is 296 g/mol. The Balaban J connectivity index is 3.40. The van der Waals surface area contributed by atoms with E-state index < -0.39 is 10.0 Å². The molecule has 0 aromatic heterocycles. The number of hydrogen-bond acceptors (Lipinski definition) is 3. The fraction of sp³-hybridized carbons (Fsp3) is 0.429. The molecule has 0 saturated carbocycles. The van der Waals surface area contributed by atoms with E-state index in [0.717, 1.165) is 12.0 Å². The highest BCUT2D eigenvalue weighted by Crippen LogP contribution is 2.27. The minimum atomic E-state index is -3.59. The molecule has 0 unspecified atom stereocenters. The molecule has 112 valence electrons. The van der Waals surface area contributed by atoms with Crippen molar-refractivity contribution in [2.45, 2.75) is 31.7 Å². The highest BCUT2D eigenvalue weighted by atomic mass is 35.5. The smallest absolute Gasteiger partial charge is 0.243 e. The van der Waals surface area contributed by atoms with Gasteiger partial charge in [-0.15, -0.1) is 6.58 Å². The fourth-order valence-electron chi connectivity index (χ4n) is 2.03. The molecule has 0 aliphatic carbocycles. The van der Waals surface area contributed by atoms with Crippen molar-refractivity contribution in [2.75, 3.05) is 13.1 Å². The summed E-state index contributed by atoms with van der Waals surface area (Å²) in [5, 5.41) is 0.379. The first-order chi connectivity index (χ1) is 9.38. The van der Waals surface area contributed by atoms with Crippen LogP contribution in [0.25, 0.3) is 0 Å². The summed E-state index contributed by atoms with van der Waals surface area (Å²) in [6.45, 7) is 8.27. The van der Waals surface area contributed by atoms with Crippen molar-refractivity contribution in [3.63, 3.8) is 0 Å². The van der Waals surface area contributed by atoms with Crippen LogP contribution < -0.4 is 5.73 Å². The van der Waals surface area contributed by atoms with Crippen molar-refractivity contribution in [1.29, 1.82) is 0 Å². The summed E-state index contributed by atoms with van der Waals surface area (Å²) in [7, 11) is -3.59. The highest BCUT2D eigenvalue weighted by Gasteiger charge is 2.25. The predicted octanol–water partition coefficient (Wildman–Crippen LogP) is 2.69. The third kappa shape index (κ3) is 3.61. The number of hydrogen-bond donors (Lipinski definition) is 1. The second kappa shape index (κ2) is 7.22. The molecule has 20 heavy (non-hydrogen) atoms. The molecule has 0 fully saturated rings. The Kier molecular flexibility index (Phi) is 6.20. The van der Waals surface area contributed by atoms with Gasteiger partial charge >= 0.3 is 0 Å². The summed E-state index contributed by atoms with van der Waals surface area (Å²) in [5.74, 6) is 0. The fourth-order valence-corrected chi connectivity index (χ4v) is 4.13. The lowest BCUT2D eigenvalue weighted by molar-refractivity contribution is 0.441. The average molecular weight is 317 g/mol. The monoisotopic (exact) mass is 316 g/mol. The van der Waals surface area contributed by atoms with Crippen LogP contribution in [-0.4, -0.2) is 25.8 Å². The molecule has 0 aliphatic heterocycles. The molecular formula is C14H21ClN2O2S. The van der Waals surface area contributed by atoms with Crippen molar-refractivity contribution < 1.29 is 8.42 Å². The van der Waals surface area contributed by atoms with E-state index in [9.17, 15) is 8.42 Å². The van der Waals surface area contributed by atoms with E-state index in [1.54, 1.807) is 19.1 Å². The molecule has 0 aliphatic rings. The Bertz CT molecular complexity index is 585. The Morgan fingerprint density at radius 3 is 2.60 bits per heavy atom. The topological polar surface area (TPSA) is 63.4 Å². The molecule has 6 heteroatoms. The van der Waals surface area contributed by atoms with Gasteiger partial charge in [-0.3, -0.25) is 0 Å². The van der Waals surface area contributed by atoms with Crippen LogP contribution in [-0.2, 0) is 16.6 Å². The van der Waals surface area contributed by atoms with Crippen LogP contribution in [0.4, 0.5) is 0 Å². The van der Waals surface area contributed by atoms with Gasteiger partial charge in [0.1, 0.15) is 0 Å². The first-order valence-electron chi connectivity index (χ1n) is 6.48. The average Bonchev–Trinajstić information content (AvgIpc) is 2.40. The van der Waals surface area contributed by atoms with E-state index in [1.807, 2.05) is 6.92 Å². The van der Waals surface area contributed by atoms with Crippen molar-refractivity contribution in [1.82, 2.24) is 4.31 Å². The summed E-state index contributed by atoms with van der Waals surface area (Å²) in [5.41, 5.74) is 7.04. The molecule has 4 nitrogen and oxygen atoms in total. The summed E-state index contributed by atoms with van der Waals surface area (Å²) >= 11 is 6.01. The molecule has 1 aromatic rings. The van der Waals surface area contributed by atoms with Crippen molar-refractivity contribution in [2.24, 2.45) is 5.73 Å². The maximum Gasteiger partial charge on any atom is 0.243 e. The van der Waals surface area contributed by atoms with Crippen molar-refractivity contribution in [3.05, 3.63) is 40.9 Å². The second-order valence-electron chi connectivity index (χ2n) is 4.54. The minimum Gasteiger partial charge on any atom is -0.326 e. The standard InChI is InChI=1S/C14H21ClN2O2S/c1-4-6-17(7-5-2)20(18,19)14-9-13(15)8-12(10-16)11(14)3/h4,8-9H,1,5-7,10,16H2,2-3H3. The number of nitrogens with two attached hydrogens (primary N) is 1. The normalized spacial score (nSPS) is 11.8. The Labute approximate surface area is 126 Å². The Morgan fingerprint density at radius 2 is 2.10 bits per heavy atom. The van der Waals surface area contributed by atoms with Crippen LogP contribution in [0, 0.1) is 6.92 Å². The SMILES string of the molecule is C=CCN(CCC)S(=O)(=O)c1cc(Cl)cc(CN)c1C. The third-order valence-electron chi connectivity index (χ3n) is 3.08. The van der Waals surface area contributed by atoms with Crippen molar-refractivity contribution >= 4 is 21.6 Å². The number of sulfonamides is 1. The van der Waals surface area contributed by atoms with Crippen molar-refractivity contribution in [3.8, 4) is 0 Å². The third-order valence-corrected chi connectivity index (χ3v) is 5.29. The lowest BCUT2D eigenvalue weighted by Gasteiger charge is -2.22.